The van der Waals surface area contributed by atoms with Gasteiger partial charge < -0.3 is 0 Å². The van der Waals surface area contributed by atoms with Crippen LogP contribution in [0, 0.1) is 0 Å². The first-order valence-electron chi connectivity index (χ1n) is 6.72. The smallest absolute Gasteiger partial charge is 0.254 e. The lowest BCUT2D eigenvalue weighted by Gasteiger charge is -2.05. The Kier molecular flexibility index (Phi) is 3.40. The Morgan fingerprint density at radius 2 is 1.80 bits per heavy atom. The first-order chi connectivity index (χ1) is 9.72. The summed E-state index contributed by atoms with van der Waals surface area (Å²) in [5, 5.41) is 9.18. The highest BCUT2D eigenvalue weighted by atomic mass is 35.5. The summed E-state index contributed by atoms with van der Waals surface area (Å²) in [4.78, 5) is 4.54. The van der Waals surface area contributed by atoms with E-state index in [0.717, 1.165) is 34.8 Å². The molecule has 0 atom stereocenters. The second-order valence-electron chi connectivity index (χ2n) is 4.60. The predicted octanol–water partition coefficient (Wildman–Crippen LogP) is 3.57. The normalized spacial score (nSPS) is 11.2. The van der Waals surface area contributed by atoms with Crippen molar-refractivity contribution in [3.05, 3.63) is 46.9 Å². The van der Waals surface area contributed by atoms with Gasteiger partial charge in [0.1, 0.15) is 0 Å². The third-order valence-corrected chi connectivity index (χ3v) is 3.63. The number of aromatic nitrogens is 4. The summed E-state index contributed by atoms with van der Waals surface area (Å²) in [6, 6.07) is 7.66. The summed E-state index contributed by atoms with van der Waals surface area (Å²) >= 11 is 5.92. The van der Waals surface area contributed by atoms with Crippen LogP contribution in [0.15, 0.2) is 30.5 Å². The minimum absolute atomic E-state index is 0.643. The van der Waals surface area contributed by atoms with Gasteiger partial charge in [0.2, 0.25) is 0 Å². The molecule has 0 aliphatic carbocycles. The van der Waals surface area contributed by atoms with E-state index >= 15 is 0 Å². The molecule has 4 nitrogen and oxygen atoms in total. The second kappa shape index (κ2) is 5.21. The Hall–Kier alpha value is -1.94. The van der Waals surface area contributed by atoms with Crippen molar-refractivity contribution in [1.29, 1.82) is 0 Å². The van der Waals surface area contributed by atoms with E-state index in [2.05, 4.69) is 29.0 Å². The first-order valence-corrected chi connectivity index (χ1v) is 7.10. The maximum absolute atomic E-state index is 5.92. The molecule has 0 spiro atoms. The molecule has 102 valence electrons. The Bertz CT molecular complexity index is 746. The lowest BCUT2D eigenvalue weighted by Crippen LogP contribution is -2.05. The zero-order chi connectivity index (χ0) is 14.1. The monoisotopic (exact) mass is 286 g/mol. The van der Waals surface area contributed by atoms with E-state index in [1.165, 1.54) is 5.69 Å². The largest absolute Gasteiger partial charge is 0.284 e. The van der Waals surface area contributed by atoms with Crippen molar-refractivity contribution in [2.45, 2.75) is 26.7 Å². The third kappa shape index (κ3) is 2.16. The van der Waals surface area contributed by atoms with Crippen LogP contribution >= 0.6 is 11.6 Å². The van der Waals surface area contributed by atoms with Crippen LogP contribution in [0.25, 0.3) is 17.0 Å². The number of rotatable bonds is 3. The molecule has 3 aromatic rings. The van der Waals surface area contributed by atoms with Crippen LogP contribution in [0.1, 0.15) is 25.2 Å². The van der Waals surface area contributed by atoms with Crippen LogP contribution in [0.5, 0.6) is 0 Å². The number of aryl methyl sites for hydroxylation is 2. The fourth-order valence-corrected chi connectivity index (χ4v) is 2.48. The van der Waals surface area contributed by atoms with Crippen molar-refractivity contribution in [3.63, 3.8) is 0 Å². The standard InChI is InChI=1S/C15H15ClN4/c1-3-12-14(4-2)20-9-13(17-15(20)19-18-12)10-5-7-11(16)8-6-10/h5-9H,3-4H2,1-2H3. The van der Waals surface area contributed by atoms with E-state index < -0.39 is 0 Å². The van der Waals surface area contributed by atoms with Crippen molar-refractivity contribution >= 4 is 17.4 Å². The first kappa shape index (κ1) is 13.1. The molecular formula is C15H15ClN4. The Morgan fingerprint density at radius 3 is 2.45 bits per heavy atom. The van der Waals surface area contributed by atoms with Gasteiger partial charge >= 0.3 is 0 Å². The van der Waals surface area contributed by atoms with E-state index in [-0.39, 0.29) is 0 Å². The summed E-state index contributed by atoms with van der Waals surface area (Å²) in [5.41, 5.74) is 4.11. The van der Waals surface area contributed by atoms with Gasteiger partial charge in [0.25, 0.3) is 5.78 Å². The van der Waals surface area contributed by atoms with Gasteiger partial charge in [0.05, 0.1) is 11.4 Å². The minimum Gasteiger partial charge on any atom is -0.284 e. The molecular weight excluding hydrogens is 272 g/mol. The molecule has 0 saturated heterocycles. The minimum atomic E-state index is 0.643. The Labute approximate surface area is 122 Å². The number of hydrogen-bond acceptors (Lipinski definition) is 3. The van der Waals surface area contributed by atoms with Crippen LogP contribution in [0.3, 0.4) is 0 Å². The molecule has 0 aliphatic heterocycles. The molecule has 0 aliphatic rings. The van der Waals surface area contributed by atoms with Crippen LogP contribution in [-0.4, -0.2) is 19.6 Å². The van der Waals surface area contributed by atoms with Crippen LogP contribution < -0.4 is 0 Å². The van der Waals surface area contributed by atoms with Gasteiger partial charge in [-0.25, -0.2) is 4.98 Å². The van der Waals surface area contributed by atoms with Crippen molar-refractivity contribution in [1.82, 2.24) is 19.6 Å². The van der Waals surface area contributed by atoms with Gasteiger partial charge in [-0.3, -0.25) is 4.40 Å². The van der Waals surface area contributed by atoms with E-state index in [1.807, 2.05) is 34.9 Å². The molecule has 2 heterocycles. The van der Waals surface area contributed by atoms with Crippen molar-refractivity contribution in [3.8, 4) is 11.3 Å². The number of halogens is 1. The lowest BCUT2D eigenvalue weighted by molar-refractivity contribution is 0.812. The molecule has 0 bridgehead atoms. The SMILES string of the molecule is CCc1nnc2nc(-c3ccc(Cl)cc3)cn2c1CC. The fraction of sp³-hybridized carbons (Fsp3) is 0.267. The van der Waals surface area contributed by atoms with E-state index in [4.69, 9.17) is 11.6 Å². The Morgan fingerprint density at radius 1 is 1.05 bits per heavy atom. The molecule has 0 saturated carbocycles. The predicted molar refractivity (Wildman–Crippen MR) is 80.0 cm³/mol. The molecule has 5 heteroatoms. The summed E-state index contributed by atoms with van der Waals surface area (Å²) in [6.45, 7) is 4.21. The lowest BCUT2D eigenvalue weighted by atomic mass is 10.2. The summed E-state index contributed by atoms with van der Waals surface area (Å²) in [6.07, 6.45) is 3.80. The van der Waals surface area contributed by atoms with Gasteiger partial charge in [0.15, 0.2) is 0 Å². The molecule has 0 fully saturated rings. The van der Waals surface area contributed by atoms with Crippen LogP contribution in [-0.2, 0) is 12.8 Å². The summed E-state index contributed by atoms with van der Waals surface area (Å²) < 4.78 is 2.04. The molecule has 0 unspecified atom stereocenters. The van der Waals surface area contributed by atoms with E-state index in [9.17, 15) is 0 Å². The average Bonchev–Trinajstić information content (AvgIpc) is 2.90. The van der Waals surface area contributed by atoms with Gasteiger partial charge in [-0.15, -0.1) is 5.10 Å². The second-order valence-corrected chi connectivity index (χ2v) is 5.04. The number of nitrogens with zero attached hydrogens (tertiary/aromatic N) is 4. The third-order valence-electron chi connectivity index (χ3n) is 3.38. The van der Waals surface area contributed by atoms with E-state index in [1.54, 1.807) is 0 Å². The van der Waals surface area contributed by atoms with Gasteiger partial charge in [0, 0.05) is 22.5 Å². The number of fused-ring (bicyclic) bond motifs is 1. The molecule has 0 N–H and O–H groups in total. The topological polar surface area (TPSA) is 43.1 Å². The summed E-state index contributed by atoms with van der Waals surface area (Å²) in [5.74, 6) is 0.643. The average molecular weight is 287 g/mol. The van der Waals surface area contributed by atoms with E-state index in [0.29, 0.717) is 5.78 Å². The molecule has 2 aromatic heterocycles. The number of imidazole rings is 1. The van der Waals surface area contributed by atoms with Crippen molar-refractivity contribution < 1.29 is 0 Å². The molecule has 20 heavy (non-hydrogen) atoms. The number of benzene rings is 1. The summed E-state index contributed by atoms with van der Waals surface area (Å²) in [7, 11) is 0. The zero-order valence-electron chi connectivity index (χ0n) is 11.5. The quantitative estimate of drug-likeness (QED) is 0.739. The van der Waals surface area contributed by atoms with Gasteiger partial charge in [-0.05, 0) is 25.0 Å². The van der Waals surface area contributed by atoms with Gasteiger partial charge in [-0.1, -0.05) is 37.6 Å². The molecule has 3 rings (SSSR count). The Balaban J connectivity index is 2.17. The maximum Gasteiger partial charge on any atom is 0.254 e. The zero-order valence-corrected chi connectivity index (χ0v) is 12.2. The highest BCUT2D eigenvalue weighted by Crippen LogP contribution is 2.22. The number of hydrogen-bond donors (Lipinski definition) is 0. The molecule has 1 aromatic carbocycles. The van der Waals surface area contributed by atoms with Gasteiger partial charge in [-0.2, -0.15) is 5.10 Å². The van der Waals surface area contributed by atoms with Crippen molar-refractivity contribution in [2.75, 3.05) is 0 Å². The molecule has 0 radical (unpaired) electrons. The highest BCUT2D eigenvalue weighted by molar-refractivity contribution is 6.30. The van der Waals surface area contributed by atoms with Crippen LogP contribution in [0.4, 0.5) is 0 Å². The maximum atomic E-state index is 5.92. The van der Waals surface area contributed by atoms with Crippen LogP contribution in [0.2, 0.25) is 5.02 Å². The highest BCUT2D eigenvalue weighted by Gasteiger charge is 2.11. The van der Waals surface area contributed by atoms with Crippen molar-refractivity contribution in [2.24, 2.45) is 0 Å². The molecule has 0 amide bonds. The fourth-order valence-electron chi connectivity index (χ4n) is 2.35.